The number of carbonyl (C=O) groups excluding carboxylic acids is 1. The first-order valence-electron chi connectivity index (χ1n) is 5.04. The molecule has 0 spiro atoms. The Hall–Kier alpha value is -1.79. The van der Waals surface area contributed by atoms with Crippen molar-refractivity contribution >= 4 is 5.91 Å². The Morgan fingerprint density at radius 2 is 2.12 bits per heavy atom. The lowest BCUT2D eigenvalue weighted by atomic mass is 10.1. The molecule has 0 radical (unpaired) electrons. The first-order chi connectivity index (χ1) is 7.65. The largest absolute Gasteiger partial charge is 0.384 e. The summed E-state index contributed by atoms with van der Waals surface area (Å²) in [7, 11) is 1.75. The van der Waals surface area contributed by atoms with Crippen LogP contribution >= 0.6 is 0 Å². The summed E-state index contributed by atoms with van der Waals surface area (Å²) < 4.78 is 0. The molecular formula is C13H15NO2. The van der Waals surface area contributed by atoms with Crippen molar-refractivity contribution < 1.29 is 9.90 Å². The molecule has 0 unspecified atom stereocenters. The van der Waals surface area contributed by atoms with Gasteiger partial charge >= 0.3 is 0 Å². The smallest absolute Gasteiger partial charge is 0.219 e. The van der Waals surface area contributed by atoms with Gasteiger partial charge in [0.2, 0.25) is 5.91 Å². The Bertz CT molecular complexity index is 429. The summed E-state index contributed by atoms with van der Waals surface area (Å²) in [4.78, 5) is 12.7. The fourth-order valence-corrected chi connectivity index (χ4v) is 1.28. The van der Waals surface area contributed by atoms with Gasteiger partial charge in [-0.25, -0.2) is 0 Å². The molecule has 1 aromatic carbocycles. The van der Waals surface area contributed by atoms with Gasteiger partial charge in [-0.15, -0.1) is 0 Å². The van der Waals surface area contributed by atoms with E-state index in [9.17, 15) is 4.79 Å². The predicted octanol–water partition coefficient (Wildman–Crippen LogP) is 1.01. The van der Waals surface area contributed by atoms with Crippen LogP contribution in [0.5, 0.6) is 0 Å². The molecule has 0 aliphatic carbocycles. The fraction of sp³-hybridized carbons (Fsp3) is 0.308. The maximum Gasteiger partial charge on any atom is 0.219 e. The van der Waals surface area contributed by atoms with Gasteiger partial charge in [0.05, 0.1) is 0 Å². The summed E-state index contributed by atoms with van der Waals surface area (Å²) in [5.74, 6) is 5.50. The monoisotopic (exact) mass is 217 g/mol. The van der Waals surface area contributed by atoms with Crippen molar-refractivity contribution in [2.75, 3.05) is 13.7 Å². The molecule has 0 aromatic heterocycles. The van der Waals surface area contributed by atoms with Gasteiger partial charge in [0.15, 0.2) is 0 Å². The van der Waals surface area contributed by atoms with Gasteiger partial charge in [0.25, 0.3) is 0 Å². The topological polar surface area (TPSA) is 40.5 Å². The SMILES string of the molecule is CC(=O)N(C)Cc1ccccc1C#CCO. The summed E-state index contributed by atoms with van der Waals surface area (Å²) in [6.07, 6.45) is 0. The van der Waals surface area contributed by atoms with E-state index in [1.165, 1.54) is 6.92 Å². The van der Waals surface area contributed by atoms with E-state index in [2.05, 4.69) is 11.8 Å². The van der Waals surface area contributed by atoms with Gasteiger partial charge in [-0.3, -0.25) is 4.79 Å². The fourth-order valence-electron chi connectivity index (χ4n) is 1.28. The van der Waals surface area contributed by atoms with Crippen molar-refractivity contribution in [1.82, 2.24) is 4.90 Å². The Balaban J connectivity index is 2.91. The molecule has 84 valence electrons. The summed E-state index contributed by atoms with van der Waals surface area (Å²) in [6, 6.07) is 7.61. The molecule has 0 saturated heterocycles. The standard InChI is InChI=1S/C13H15NO2/c1-11(16)14(2)10-13-7-4-3-6-12(13)8-5-9-15/h3-4,6-7,15H,9-10H2,1-2H3. The van der Waals surface area contributed by atoms with E-state index >= 15 is 0 Å². The second-order valence-electron chi connectivity index (χ2n) is 3.49. The zero-order valence-electron chi connectivity index (χ0n) is 9.53. The highest BCUT2D eigenvalue weighted by Gasteiger charge is 2.05. The third kappa shape index (κ3) is 3.41. The number of hydrogen-bond donors (Lipinski definition) is 1. The van der Waals surface area contributed by atoms with E-state index in [-0.39, 0.29) is 12.5 Å². The van der Waals surface area contributed by atoms with Gasteiger partial charge in [0, 0.05) is 26.1 Å². The first-order valence-corrected chi connectivity index (χ1v) is 5.04. The van der Waals surface area contributed by atoms with Gasteiger partial charge in [-0.05, 0) is 11.6 Å². The van der Waals surface area contributed by atoms with Gasteiger partial charge in [-0.2, -0.15) is 0 Å². The molecule has 0 saturated carbocycles. The Morgan fingerprint density at radius 3 is 2.75 bits per heavy atom. The van der Waals surface area contributed by atoms with E-state index in [1.807, 2.05) is 24.3 Å². The minimum Gasteiger partial charge on any atom is -0.384 e. The number of nitrogens with zero attached hydrogens (tertiary/aromatic N) is 1. The van der Waals surface area contributed by atoms with Crippen LogP contribution in [0, 0.1) is 11.8 Å². The van der Waals surface area contributed by atoms with Crippen molar-refractivity contribution in [2.45, 2.75) is 13.5 Å². The van der Waals surface area contributed by atoms with E-state index < -0.39 is 0 Å². The molecule has 16 heavy (non-hydrogen) atoms. The normalized spacial score (nSPS) is 9.19. The maximum atomic E-state index is 11.1. The average molecular weight is 217 g/mol. The van der Waals surface area contributed by atoms with E-state index in [4.69, 9.17) is 5.11 Å². The molecule has 1 N–H and O–H groups in total. The molecule has 3 heteroatoms. The Kier molecular flexibility index (Phi) is 4.56. The lowest BCUT2D eigenvalue weighted by Gasteiger charge is -2.15. The third-order valence-electron chi connectivity index (χ3n) is 2.26. The van der Waals surface area contributed by atoms with Crippen LogP contribution < -0.4 is 0 Å². The molecule has 0 heterocycles. The molecule has 1 aromatic rings. The van der Waals surface area contributed by atoms with Gasteiger partial charge in [0.1, 0.15) is 6.61 Å². The van der Waals surface area contributed by atoms with Crippen molar-refractivity contribution in [1.29, 1.82) is 0 Å². The molecule has 0 fully saturated rings. The number of amides is 1. The Morgan fingerprint density at radius 1 is 1.44 bits per heavy atom. The zero-order valence-corrected chi connectivity index (χ0v) is 9.53. The molecule has 1 rings (SSSR count). The number of rotatable bonds is 2. The first kappa shape index (κ1) is 12.3. The summed E-state index contributed by atoms with van der Waals surface area (Å²) in [5, 5.41) is 8.65. The molecule has 0 aliphatic heterocycles. The maximum absolute atomic E-state index is 11.1. The Labute approximate surface area is 95.7 Å². The van der Waals surface area contributed by atoms with Crippen molar-refractivity contribution in [3.05, 3.63) is 35.4 Å². The second kappa shape index (κ2) is 5.94. The summed E-state index contributed by atoms with van der Waals surface area (Å²) in [5.41, 5.74) is 1.84. The highest BCUT2D eigenvalue weighted by molar-refractivity contribution is 5.72. The van der Waals surface area contributed by atoms with Crippen molar-refractivity contribution in [3.8, 4) is 11.8 Å². The van der Waals surface area contributed by atoms with Gasteiger partial charge < -0.3 is 10.0 Å². The van der Waals surface area contributed by atoms with Crippen LogP contribution in [0.25, 0.3) is 0 Å². The van der Waals surface area contributed by atoms with Crippen LogP contribution in [0.15, 0.2) is 24.3 Å². The highest BCUT2D eigenvalue weighted by atomic mass is 16.2. The van der Waals surface area contributed by atoms with E-state index in [0.717, 1.165) is 11.1 Å². The molecule has 0 bridgehead atoms. The molecule has 0 aliphatic rings. The zero-order chi connectivity index (χ0) is 12.0. The molecular weight excluding hydrogens is 202 g/mol. The lowest BCUT2D eigenvalue weighted by Crippen LogP contribution is -2.23. The average Bonchev–Trinajstić information content (AvgIpc) is 2.27. The van der Waals surface area contributed by atoms with Gasteiger partial charge in [-0.1, -0.05) is 30.0 Å². The van der Waals surface area contributed by atoms with Crippen LogP contribution in [0.2, 0.25) is 0 Å². The van der Waals surface area contributed by atoms with Crippen LogP contribution in [0.4, 0.5) is 0 Å². The van der Waals surface area contributed by atoms with E-state index in [1.54, 1.807) is 11.9 Å². The number of hydrogen-bond acceptors (Lipinski definition) is 2. The lowest BCUT2D eigenvalue weighted by molar-refractivity contribution is -0.128. The molecule has 3 nitrogen and oxygen atoms in total. The number of aliphatic hydroxyl groups is 1. The van der Waals surface area contributed by atoms with Crippen LogP contribution in [-0.4, -0.2) is 29.6 Å². The van der Waals surface area contributed by atoms with Crippen LogP contribution in [0.3, 0.4) is 0 Å². The van der Waals surface area contributed by atoms with Crippen LogP contribution in [0.1, 0.15) is 18.1 Å². The number of aliphatic hydroxyl groups excluding tert-OH is 1. The van der Waals surface area contributed by atoms with E-state index in [0.29, 0.717) is 6.54 Å². The molecule has 1 amide bonds. The quantitative estimate of drug-likeness (QED) is 0.751. The minimum absolute atomic E-state index is 0.0184. The summed E-state index contributed by atoms with van der Waals surface area (Å²) in [6.45, 7) is 1.91. The predicted molar refractivity (Wildman–Crippen MR) is 62.6 cm³/mol. The van der Waals surface area contributed by atoms with Crippen molar-refractivity contribution in [3.63, 3.8) is 0 Å². The van der Waals surface area contributed by atoms with Crippen molar-refractivity contribution in [2.24, 2.45) is 0 Å². The highest BCUT2D eigenvalue weighted by Crippen LogP contribution is 2.09. The minimum atomic E-state index is -0.156. The summed E-state index contributed by atoms with van der Waals surface area (Å²) >= 11 is 0. The number of benzene rings is 1. The third-order valence-corrected chi connectivity index (χ3v) is 2.26. The molecule has 0 atom stereocenters. The van der Waals surface area contributed by atoms with Crippen LogP contribution in [-0.2, 0) is 11.3 Å². The number of carbonyl (C=O) groups is 1. The second-order valence-corrected chi connectivity index (χ2v) is 3.49.